The zero-order valence-corrected chi connectivity index (χ0v) is 17.5. The van der Waals surface area contributed by atoms with Gasteiger partial charge in [0.15, 0.2) is 11.5 Å². The normalized spacial score (nSPS) is 10.3. The van der Waals surface area contributed by atoms with Crippen LogP contribution in [0.1, 0.15) is 10.4 Å². The summed E-state index contributed by atoms with van der Waals surface area (Å²) in [6.45, 7) is 0. The van der Waals surface area contributed by atoms with Crippen molar-refractivity contribution in [1.82, 2.24) is 10.2 Å². The van der Waals surface area contributed by atoms with Crippen molar-refractivity contribution >= 4 is 5.97 Å². The van der Waals surface area contributed by atoms with E-state index in [-0.39, 0.29) is 5.88 Å². The molecule has 1 heterocycles. The van der Waals surface area contributed by atoms with Crippen molar-refractivity contribution in [2.24, 2.45) is 0 Å². The molecule has 4 aromatic rings. The van der Waals surface area contributed by atoms with E-state index in [1.54, 1.807) is 30.3 Å². The number of methoxy groups -OCH3 is 2. The fraction of sp³-hybridized carbons (Fsp3) is 0.0800. The van der Waals surface area contributed by atoms with E-state index in [9.17, 15) is 4.79 Å². The number of hydrogen-bond donors (Lipinski definition) is 0. The molecule has 0 aliphatic heterocycles. The van der Waals surface area contributed by atoms with Crippen LogP contribution in [0.3, 0.4) is 0 Å². The summed E-state index contributed by atoms with van der Waals surface area (Å²) in [4.78, 5) is 12.4. The maximum Gasteiger partial charge on any atom is 0.345 e. The number of aromatic nitrogens is 2. The molecule has 0 aliphatic rings. The molecule has 160 valence electrons. The summed E-state index contributed by atoms with van der Waals surface area (Å²) in [5.74, 6) is 1.96. The van der Waals surface area contributed by atoms with Gasteiger partial charge in [0.25, 0.3) is 0 Å². The third-order valence-corrected chi connectivity index (χ3v) is 4.59. The Morgan fingerprint density at radius 3 is 2.09 bits per heavy atom. The van der Waals surface area contributed by atoms with E-state index >= 15 is 0 Å². The predicted octanol–water partition coefficient (Wildman–Crippen LogP) is 5.17. The van der Waals surface area contributed by atoms with Crippen molar-refractivity contribution in [3.63, 3.8) is 0 Å². The van der Waals surface area contributed by atoms with E-state index in [1.165, 1.54) is 14.2 Å². The Hall–Kier alpha value is -4.39. The molecule has 0 bridgehead atoms. The monoisotopic (exact) mass is 428 g/mol. The van der Waals surface area contributed by atoms with Gasteiger partial charge in [-0.15, -0.1) is 10.2 Å². The molecule has 0 aliphatic carbocycles. The van der Waals surface area contributed by atoms with Crippen LogP contribution in [-0.2, 0) is 0 Å². The third kappa shape index (κ3) is 4.84. The van der Waals surface area contributed by atoms with Gasteiger partial charge < -0.3 is 18.9 Å². The van der Waals surface area contributed by atoms with Crippen molar-refractivity contribution in [1.29, 1.82) is 0 Å². The van der Waals surface area contributed by atoms with Gasteiger partial charge in [0, 0.05) is 11.6 Å². The van der Waals surface area contributed by atoms with Gasteiger partial charge >= 0.3 is 5.97 Å². The summed E-state index contributed by atoms with van der Waals surface area (Å²) < 4.78 is 21.5. The lowest BCUT2D eigenvalue weighted by Gasteiger charge is -2.09. The number of ether oxygens (including phenoxy) is 4. The number of carbonyl (C=O) groups excluding carboxylic acids is 1. The minimum atomic E-state index is -0.574. The van der Waals surface area contributed by atoms with Crippen LogP contribution >= 0.6 is 0 Å². The van der Waals surface area contributed by atoms with Crippen molar-refractivity contribution in [3.8, 4) is 40.1 Å². The second-order valence-electron chi connectivity index (χ2n) is 6.66. The first-order chi connectivity index (χ1) is 15.7. The zero-order valence-electron chi connectivity index (χ0n) is 17.5. The molecular formula is C25H20N2O5. The molecule has 0 atom stereocenters. The molecule has 0 unspecified atom stereocenters. The van der Waals surface area contributed by atoms with Crippen LogP contribution < -0.4 is 18.9 Å². The number of esters is 1. The van der Waals surface area contributed by atoms with E-state index < -0.39 is 5.97 Å². The Labute approximate surface area is 185 Å². The maximum atomic E-state index is 12.4. The summed E-state index contributed by atoms with van der Waals surface area (Å²) in [7, 11) is 3.02. The van der Waals surface area contributed by atoms with Crippen LogP contribution in [0.2, 0.25) is 0 Å². The van der Waals surface area contributed by atoms with Gasteiger partial charge in [0.1, 0.15) is 11.5 Å². The SMILES string of the molecule is COc1ccc(C(=O)Oc2ccc(-c3ccc(Oc4ccccc4)cc3)nn2)cc1OC. The summed E-state index contributed by atoms with van der Waals surface area (Å²) in [6.07, 6.45) is 0. The number of benzene rings is 3. The Bertz CT molecular complexity index is 1190. The van der Waals surface area contributed by atoms with Crippen LogP contribution in [0, 0.1) is 0 Å². The average Bonchev–Trinajstić information content (AvgIpc) is 2.85. The highest BCUT2D eigenvalue weighted by Gasteiger charge is 2.14. The Morgan fingerprint density at radius 2 is 1.44 bits per heavy atom. The topological polar surface area (TPSA) is 79.8 Å². The average molecular weight is 428 g/mol. The highest BCUT2D eigenvalue weighted by atomic mass is 16.5. The van der Waals surface area contributed by atoms with Crippen molar-refractivity contribution < 1.29 is 23.7 Å². The second-order valence-corrected chi connectivity index (χ2v) is 6.66. The molecule has 0 saturated heterocycles. The molecule has 0 spiro atoms. The lowest BCUT2D eigenvalue weighted by atomic mass is 10.1. The molecule has 0 radical (unpaired) electrons. The largest absolute Gasteiger partial charge is 0.493 e. The molecule has 0 amide bonds. The van der Waals surface area contributed by atoms with E-state index in [0.717, 1.165) is 11.3 Å². The molecule has 0 saturated carbocycles. The van der Waals surface area contributed by atoms with E-state index in [2.05, 4.69) is 10.2 Å². The van der Waals surface area contributed by atoms with Gasteiger partial charge in [0.05, 0.1) is 25.5 Å². The second kappa shape index (κ2) is 9.61. The molecular weight excluding hydrogens is 408 g/mol. The van der Waals surface area contributed by atoms with Crippen LogP contribution in [0.15, 0.2) is 84.9 Å². The smallest absolute Gasteiger partial charge is 0.345 e. The van der Waals surface area contributed by atoms with Gasteiger partial charge in [-0.25, -0.2) is 4.79 Å². The number of carbonyl (C=O) groups is 1. The van der Waals surface area contributed by atoms with Gasteiger partial charge in [-0.2, -0.15) is 0 Å². The number of para-hydroxylation sites is 1. The van der Waals surface area contributed by atoms with Crippen LogP contribution in [0.5, 0.6) is 28.9 Å². The van der Waals surface area contributed by atoms with Gasteiger partial charge in [0.2, 0.25) is 5.88 Å². The summed E-state index contributed by atoms with van der Waals surface area (Å²) in [5, 5.41) is 8.16. The highest BCUT2D eigenvalue weighted by molar-refractivity contribution is 5.91. The van der Waals surface area contributed by atoms with Gasteiger partial charge in [-0.05, 0) is 60.7 Å². The summed E-state index contributed by atoms with van der Waals surface area (Å²) >= 11 is 0. The van der Waals surface area contributed by atoms with Crippen molar-refractivity contribution in [3.05, 3.63) is 90.5 Å². The fourth-order valence-electron chi connectivity index (χ4n) is 2.96. The molecule has 4 rings (SSSR count). The molecule has 7 nitrogen and oxygen atoms in total. The molecule has 7 heteroatoms. The lowest BCUT2D eigenvalue weighted by molar-refractivity contribution is 0.0725. The van der Waals surface area contributed by atoms with Crippen LogP contribution in [0.25, 0.3) is 11.3 Å². The maximum absolute atomic E-state index is 12.4. The van der Waals surface area contributed by atoms with Crippen molar-refractivity contribution in [2.75, 3.05) is 14.2 Å². The fourth-order valence-corrected chi connectivity index (χ4v) is 2.96. The molecule has 1 aromatic heterocycles. The lowest BCUT2D eigenvalue weighted by Crippen LogP contribution is -2.10. The minimum Gasteiger partial charge on any atom is -0.493 e. The third-order valence-electron chi connectivity index (χ3n) is 4.59. The quantitative estimate of drug-likeness (QED) is 0.376. The van der Waals surface area contributed by atoms with Crippen LogP contribution in [-0.4, -0.2) is 30.4 Å². The predicted molar refractivity (Wildman–Crippen MR) is 118 cm³/mol. The standard InChI is InChI=1S/C25H20N2O5/c1-29-22-14-10-18(16-23(22)30-2)25(28)32-24-15-13-21(26-27-24)17-8-11-20(12-9-17)31-19-6-4-3-5-7-19/h3-16H,1-2H3. The first-order valence-electron chi connectivity index (χ1n) is 9.77. The van der Waals surface area contributed by atoms with Crippen LogP contribution in [0.4, 0.5) is 0 Å². The Balaban J connectivity index is 1.42. The van der Waals surface area contributed by atoms with Gasteiger partial charge in [-0.1, -0.05) is 18.2 Å². The Kier molecular flexibility index (Phi) is 6.27. The first-order valence-corrected chi connectivity index (χ1v) is 9.77. The van der Waals surface area contributed by atoms with E-state index in [1.807, 2.05) is 54.6 Å². The van der Waals surface area contributed by atoms with Gasteiger partial charge in [-0.3, -0.25) is 0 Å². The Morgan fingerprint density at radius 1 is 0.719 bits per heavy atom. The number of nitrogens with zero attached hydrogens (tertiary/aromatic N) is 2. The highest BCUT2D eigenvalue weighted by Crippen LogP contribution is 2.28. The number of rotatable bonds is 7. The molecule has 32 heavy (non-hydrogen) atoms. The van der Waals surface area contributed by atoms with E-state index in [0.29, 0.717) is 28.5 Å². The molecule has 0 fully saturated rings. The first kappa shape index (κ1) is 20.9. The molecule has 3 aromatic carbocycles. The minimum absolute atomic E-state index is 0.0950. The van der Waals surface area contributed by atoms with Crippen molar-refractivity contribution in [2.45, 2.75) is 0 Å². The zero-order chi connectivity index (χ0) is 22.3. The summed E-state index contributed by atoms with van der Waals surface area (Å²) in [5.41, 5.74) is 1.81. The van der Waals surface area contributed by atoms with E-state index in [4.69, 9.17) is 18.9 Å². The number of hydrogen-bond acceptors (Lipinski definition) is 7. The molecule has 0 N–H and O–H groups in total. The summed E-state index contributed by atoms with van der Waals surface area (Å²) in [6, 6.07) is 25.1.